The van der Waals surface area contributed by atoms with Crippen LogP contribution in [0.2, 0.25) is 0 Å². The maximum atomic E-state index is 6.46. The van der Waals surface area contributed by atoms with Crippen LogP contribution in [0, 0.1) is 0 Å². The van der Waals surface area contributed by atoms with Gasteiger partial charge in [-0.1, -0.05) is 140 Å². The molecule has 0 fully saturated rings. The van der Waals surface area contributed by atoms with Crippen LogP contribution in [0.25, 0.3) is 106 Å². The highest BCUT2D eigenvalue weighted by atomic mass is 16.3. The Hall–Kier alpha value is -7.70. The Balaban J connectivity index is 1.04. The quantitative estimate of drug-likeness (QED) is 0.171. The second kappa shape index (κ2) is 13.0. The summed E-state index contributed by atoms with van der Waals surface area (Å²) in [5, 5.41) is 4.67. The number of hydrogen-bond donors (Lipinski definition) is 0. The van der Waals surface area contributed by atoms with E-state index in [4.69, 9.17) is 24.4 Å². The van der Waals surface area contributed by atoms with Crippen molar-refractivity contribution in [1.82, 2.24) is 24.5 Å². The van der Waals surface area contributed by atoms with E-state index in [2.05, 4.69) is 138 Å². The van der Waals surface area contributed by atoms with E-state index in [-0.39, 0.29) is 0 Å². The minimum absolute atomic E-state index is 0.502. The molecule has 0 amide bonds. The Morgan fingerprint density at radius 3 is 1.57 bits per heavy atom. The molecule has 0 radical (unpaired) electrons. The van der Waals surface area contributed by atoms with Gasteiger partial charge in [0.05, 0.1) is 16.6 Å². The third-order valence-corrected chi connectivity index (χ3v) is 10.5. The average Bonchev–Trinajstić information content (AvgIpc) is 3.87. The molecule has 0 aliphatic carbocycles. The average molecular weight is 718 g/mol. The maximum Gasteiger partial charge on any atom is 0.238 e. The van der Waals surface area contributed by atoms with Gasteiger partial charge >= 0.3 is 0 Å². The highest BCUT2D eigenvalue weighted by Gasteiger charge is 2.20. The second-order valence-corrected chi connectivity index (χ2v) is 13.9. The molecule has 0 saturated heterocycles. The number of oxazole rings is 1. The summed E-state index contributed by atoms with van der Waals surface area (Å²) in [4.78, 5) is 20.3. The Bertz CT molecular complexity index is 3190. The van der Waals surface area contributed by atoms with Crippen molar-refractivity contribution in [2.24, 2.45) is 0 Å². The fraction of sp³-hybridized carbons (Fsp3) is 0. The molecule has 11 aromatic rings. The molecule has 0 aliphatic heterocycles. The minimum Gasteiger partial charge on any atom is -0.435 e. The van der Waals surface area contributed by atoms with Gasteiger partial charge in [-0.25, -0.2) is 9.97 Å². The topological polar surface area (TPSA) is 69.6 Å². The van der Waals surface area contributed by atoms with Crippen molar-refractivity contribution < 1.29 is 4.42 Å². The summed E-state index contributed by atoms with van der Waals surface area (Å²) < 4.78 is 8.59. The molecule has 0 saturated carbocycles. The maximum absolute atomic E-state index is 6.46. The van der Waals surface area contributed by atoms with Gasteiger partial charge < -0.3 is 4.42 Å². The molecule has 8 aromatic carbocycles. The van der Waals surface area contributed by atoms with E-state index in [1.165, 1.54) is 21.9 Å². The first-order valence-corrected chi connectivity index (χ1v) is 18.6. The number of benzene rings is 8. The molecule has 56 heavy (non-hydrogen) atoms. The third kappa shape index (κ3) is 5.43. The highest BCUT2D eigenvalue weighted by molar-refractivity contribution is 6.09. The van der Waals surface area contributed by atoms with Gasteiger partial charge in [0.25, 0.3) is 0 Å². The van der Waals surface area contributed by atoms with Crippen molar-refractivity contribution >= 4 is 43.7 Å². The van der Waals surface area contributed by atoms with E-state index in [9.17, 15) is 0 Å². The first-order chi connectivity index (χ1) is 27.7. The number of fused-ring (bicyclic) bond motifs is 5. The van der Waals surface area contributed by atoms with Gasteiger partial charge in [0.2, 0.25) is 11.8 Å². The lowest BCUT2D eigenvalue weighted by Crippen LogP contribution is -2.06. The first-order valence-electron chi connectivity index (χ1n) is 18.6. The molecular formula is C50H31N5O. The van der Waals surface area contributed by atoms with Crippen molar-refractivity contribution in [3.8, 4) is 62.4 Å². The van der Waals surface area contributed by atoms with Crippen LogP contribution >= 0.6 is 0 Å². The van der Waals surface area contributed by atoms with E-state index in [0.29, 0.717) is 29.1 Å². The highest BCUT2D eigenvalue weighted by Crippen LogP contribution is 2.36. The molecule has 6 nitrogen and oxygen atoms in total. The summed E-state index contributed by atoms with van der Waals surface area (Å²) in [5.74, 6) is 2.13. The lowest BCUT2D eigenvalue weighted by atomic mass is 9.97. The molecule has 3 aromatic heterocycles. The summed E-state index contributed by atoms with van der Waals surface area (Å²) in [6.45, 7) is 0. The molecule has 6 heteroatoms. The van der Waals surface area contributed by atoms with Crippen molar-refractivity contribution in [3.63, 3.8) is 0 Å². The van der Waals surface area contributed by atoms with Crippen molar-refractivity contribution in [2.45, 2.75) is 0 Å². The van der Waals surface area contributed by atoms with Crippen LogP contribution in [0.4, 0.5) is 0 Å². The van der Waals surface area contributed by atoms with Gasteiger partial charge in [0, 0.05) is 21.9 Å². The Morgan fingerprint density at radius 2 is 0.911 bits per heavy atom. The molecule has 0 N–H and O–H groups in total. The van der Waals surface area contributed by atoms with E-state index >= 15 is 0 Å². The number of hydrogen-bond acceptors (Lipinski definition) is 5. The standard InChI is InChI=1S/C50H31N5O/c1-3-12-32(13-4-1)36-26-28-39-31-37(27-29-38(39)30-36)33-22-24-34(25-23-33)47-52-48(42-18-11-19-43-46(42)56-49(51-43)35-14-5-2-6-15-35)54-50(53-47)55-44-20-9-7-16-40(44)41-17-8-10-21-45(41)55/h1-31H. The van der Waals surface area contributed by atoms with Crippen LogP contribution < -0.4 is 0 Å². The van der Waals surface area contributed by atoms with E-state index in [0.717, 1.165) is 55.1 Å². The minimum atomic E-state index is 0.502. The molecule has 262 valence electrons. The fourth-order valence-corrected chi connectivity index (χ4v) is 7.73. The molecule has 3 heterocycles. The largest absolute Gasteiger partial charge is 0.435 e. The van der Waals surface area contributed by atoms with E-state index < -0.39 is 0 Å². The number of para-hydroxylation sites is 3. The SMILES string of the molecule is c1ccc(-c2ccc3cc(-c4ccc(-c5nc(-c6cccc7nc(-c8ccccc8)oc67)nc(-n6c7ccccc7c7ccccc76)n5)cc4)ccc3c2)cc1. The number of rotatable bonds is 6. The van der Waals surface area contributed by atoms with Gasteiger partial charge in [-0.3, -0.25) is 4.57 Å². The van der Waals surface area contributed by atoms with Crippen LogP contribution in [0.5, 0.6) is 0 Å². The Kier molecular flexibility index (Phi) is 7.38. The second-order valence-electron chi connectivity index (χ2n) is 13.9. The lowest BCUT2D eigenvalue weighted by molar-refractivity contribution is 0.620. The molecule has 0 aliphatic rings. The fourth-order valence-electron chi connectivity index (χ4n) is 7.73. The van der Waals surface area contributed by atoms with Crippen molar-refractivity contribution in [3.05, 3.63) is 188 Å². The zero-order valence-corrected chi connectivity index (χ0v) is 30.0. The summed E-state index contributed by atoms with van der Waals surface area (Å²) in [7, 11) is 0. The molecule has 0 unspecified atom stereocenters. The monoisotopic (exact) mass is 717 g/mol. The van der Waals surface area contributed by atoms with Crippen LogP contribution in [-0.2, 0) is 0 Å². The molecular weight excluding hydrogens is 687 g/mol. The van der Waals surface area contributed by atoms with Crippen LogP contribution in [0.15, 0.2) is 192 Å². The zero-order chi connectivity index (χ0) is 37.0. The normalized spacial score (nSPS) is 11.6. The molecule has 0 spiro atoms. The predicted molar refractivity (Wildman–Crippen MR) is 226 cm³/mol. The van der Waals surface area contributed by atoms with Gasteiger partial charge in [-0.2, -0.15) is 9.97 Å². The smallest absolute Gasteiger partial charge is 0.238 e. The van der Waals surface area contributed by atoms with E-state index in [1.54, 1.807) is 0 Å². The van der Waals surface area contributed by atoms with Crippen molar-refractivity contribution in [1.29, 1.82) is 0 Å². The summed E-state index contributed by atoms with van der Waals surface area (Å²) in [5.41, 5.74) is 10.6. The molecule has 0 atom stereocenters. The predicted octanol–water partition coefficient (Wildman–Crippen LogP) is 12.6. The summed E-state index contributed by atoms with van der Waals surface area (Å²) >= 11 is 0. The zero-order valence-electron chi connectivity index (χ0n) is 30.0. The number of aromatic nitrogens is 5. The van der Waals surface area contributed by atoms with Gasteiger partial charge in [-0.15, -0.1) is 0 Å². The van der Waals surface area contributed by atoms with Gasteiger partial charge in [0.15, 0.2) is 17.2 Å². The Labute approximate surface area is 322 Å². The first kappa shape index (κ1) is 31.8. The van der Waals surface area contributed by atoms with Gasteiger partial charge in [0.1, 0.15) is 5.52 Å². The lowest BCUT2D eigenvalue weighted by Gasteiger charge is -2.11. The van der Waals surface area contributed by atoms with Gasteiger partial charge in [-0.05, 0) is 81.6 Å². The van der Waals surface area contributed by atoms with Crippen LogP contribution in [-0.4, -0.2) is 24.5 Å². The summed E-state index contributed by atoms with van der Waals surface area (Å²) in [6, 6.07) is 64.9. The third-order valence-electron chi connectivity index (χ3n) is 10.5. The number of nitrogens with zero attached hydrogens (tertiary/aromatic N) is 5. The van der Waals surface area contributed by atoms with Crippen LogP contribution in [0.1, 0.15) is 0 Å². The molecule has 0 bridgehead atoms. The van der Waals surface area contributed by atoms with Crippen molar-refractivity contribution in [2.75, 3.05) is 0 Å². The molecule has 11 rings (SSSR count). The van der Waals surface area contributed by atoms with Crippen LogP contribution in [0.3, 0.4) is 0 Å². The van der Waals surface area contributed by atoms with E-state index in [1.807, 2.05) is 54.6 Å². The Morgan fingerprint density at radius 1 is 0.375 bits per heavy atom. The summed E-state index contributed by atoms with van der Waals surface area (Å²) in [6.07, 6.45) is 0.